The van der Waals surface area contributed by atoms with Crippen molar-refractivity contribution in [3.63, 3.8) is 0 Å². The van der Waals surface area contributed by atoms with E-state index in [1.807, 2.05) is 6.92 Å². The van der Waals surface area contributed by atoms with Gasteiger partial charge in [-0.1, -0.05) is 46.8 Å². The van der Waals surface area contributed by atoms with Gasteiger partial charge in [-0.15, -0.1) is 0 Å². The molecule has 1 unspecified atom stereocenters. The smallest absolute Gasteiger partial charge is 0.126 e. The average Bonchev–Trinajstić information content (AvgIpc) is 2.35. The van der Waals surface area contributed by atoms with Crippen molar-refractivity contribution in [3.8, 4) is 5.75 Å². The summed E-state index contributed by atoms with van der Waals surface area (Å²) in [6.45, 7) is 10.9. The molecule has 0 aliphatic rings. The van der Waals surface area contributed by atoms with Gasteiger partial charge in [-0.2, -0.15) is 0 Å². The molecule has 0 spiro atoms. The van der Waals surface area contributed by atoms with Crippen molar-refractivity contribution >= 4 is 0 Å². The maximum atomic E-state index is 9.49. The summed E-state index contributed by atoms with van der Waals surface area (Å²) in [5.41, 5.74) is 3.66. The highest BCUT2D eigenvalue weighted by molar-refractivity contribution is 5.50. The van der Waals surface area contributed by atoms with E-state index in [9.17, 15) is 5.11 Å². The molecular formula is C16H26O2. The lowest BCUT2D eigenvalue weighted by molar-refractivity contribution is 0.268. The second-order valence-corrected chi connectivity index (χ2v) is 5.58. The number of aliphatic hydroxyl groups excluding tert-OH is 1. The minimum atomic E-state index is 0.107. The summed E-state index contributed by atoms with van der Waals surface area (Å²) in [5.74, 6) is 1.92. The number of aliphatic hydroxyl groups is 1. The molecule has 1 aromatic rings. The second kappa shape index (κ2) is 6.24. The molecule has 1 rings (SSSR count). The largest absolute Gasteiger partial charge is 0.496 e. The van der Waals surface area contributed by atoms with Crippen LogP contribution in [-0.2, 0) is 0 Å². The molecule has 1 N–H and O–H groups in total. The van der Waals surface area contributed by atoms with E-state index in [0.29, 0.717) is 11.8 Å². The molecule has 0 aliphatic heterocycles. The topological polar surface area (TPSA) is 29.5 Å². The standard InChI is InChI=1S/C16H26O2/c1-10(2)13-7-8-14(11(3)4)16(18-6)15(13)12(5)9-17/h7-8,10-12,17H,9H2,1-6H3. The molecule has 102 valence electrons. The van der Waals surface area contributed by atoms with Crippen LogP contribution in [0.25, 0.3) is 0 Å². The summed E-state index contributed by atoms with van der Waals surface area (Å²) < 4.78 is 5.64. The van der Waals surface area contributed by atoms with E-state index in [1.54, 1.807) is 7.11 Å². The Morgan fingerprint density at radius 3 is 1.89 bits per heavy atom. The zero-order valence-electron chi connectivity index (χ0n) is 12.4. The van der Waals surface area contributed by atoms with E-state index < -0.39 is 0 Å². The van der Waals surface area contributed by atoms with E-state index >= 15 is 0 Å². The molecule has 0 aromatic heterocycles. The Hall–Kier alpha value is -1.02. The number of rotatable bonds is 5. The van der Waals surface area contributed by atoms with Gasteiger partial charge in [0.1, 0.15) is 5.75 Å². The van der Waals surface area contributed by atoms with Crippen molar-refractivity contribution in [2.45, 2.75) is 52.4 Å². The molecule has 0 amide bonds. The summed E-state index contributed by atoms with van der Waals surface area (Å²) >= 11 is 0. The Morgan fingerprint density at radius 1 is 1.00 bits per heavy atom. The van der Waals surface area contributed by atoms with Gasteiger partial charge in [0.15, 0.2) is 0 Å². The van der Waals surface area contributed by atoms with Crippen LogP contribution in [0.15, 0.2) is 12.1 Å². The maximum absolute atomic E-state index is 9.49. The molecule has 0 saturated heterocycles. The molecular weight excluding hydrogens is 224 g/mol. The number of methoxy groups -OCH3 is 1. The molecule has 1 aromatic carbocycles. The van der Waals surface area contributed by atoms with Gasteiger partial charge in [0.25, 0.3) is 0 Å². The van der Waals surface area contributed by atoms with Crippen molar-refractivity contribution < 1.29 is 9.84 Å². The van der Waals surface area contributed by atoms with Gasteiger partial charge in [0, 0.05) is 18.1 Å². The molecule has 1 atom stereocenters. The fourth-order valence-corrected chi connectivity index (χ4v) is 2.42. The van der Waals surface area contributed by atoms with E-state index in [-0.39, 0.29) is 12.5 Å². The first-order valence-electron chi connectivity index (χ1n) is 6.75. The molecule has 2 heteroatoms. The number of hydrogen-bond acceptors (Lipinski definition) is 2. The highest BCUT2D eigenvalue weighted by Gasteiger charge is 2.21. The Morgan fingerprint density at radius 2 is 1.50 bits per heavy atom. The van der Waals surface area contributed by atoms with Crippen LogP contribution < -0.4 is 4.74 Å². The third-order valence-corrected chi connectivity index (χ3v) is 3.48. The van der Waals surface area contributed by atoms with Crippen LogP contribution >= 0.6 is 0 Å². The molecule has 0 heterocycles. The third kappa shape index (κ3) is 2.86. The molecule has 0 bridgehead atoms. The Kier molecular flexibility index (Phi) is 5.21. The SMILES string of the molecule is COc1c(C(C)C)ccc(C(C)C)c1C(C)CO. The number of benzene rings is 1. The zero-order valence-corrected chi connectivity index (χ0v) is 12.4. The zero-order chi connectivity index (χ0) is 13.9. The first-order chi connectivity index (χ1) is 8.43. The molecule has 2 nitrogen and oxygen atoms in total. The van der Waals surface area contributed by atoms with Gasteiger partial charge in [0.2, 0.25) is 0 Å². The van der Waals surface area contributed by atoms with Crippen LogP contribution in [0, 0.1) is 0 Å². The first-order valence-corrected chi connectivity index (χ1v) is 6.75. The summed E-state index contributed by atoms with van der Waals surface area (Å²) in [4.78, 5) is 0. The highest BCUT2D eigenvalue weighted by atomic mass is 16.5. The Labute approximate surface area is 111 Å². The lowest BCUT2D eigenvalue weighted by Crippen LogP contribution is -2.09. The van der Waals surface area contributed by atoms with Crippen LogP contribution in [0.2, 0.25) is 0 Å². The highest BCUT2D eigenvalue weighted by Crippen LogP contribution is 2.39. The van der Waals surface area contributed by atoms with E-state index in [4.69, 9.17) is 4.74 Å². The minimum Gasteiger partial charge on any atom is -0.496 e. The van der Waals surface area contributed by atoms with Crippen molar-refractivity contribution in [2.24, 2.45) is 0 Å². The summed E-state index contributed by atoms with van der Waals surface area (Å²) in [7, 11) is 1.72. The van der Waals surface area contributed by atoms with Crippen LogP contribution in [-0.4, -0.2) is 18.8 Å². The fourth-order valence-electron chi connectivity index (χ4n) is 2.42. The van der Waals surface area contributed by atoms with E-state index in [0.717, 1.165) is 5.75 Å². The number of ether oxygens (including phenoxy) is 1. The van der Waals surface area contributed by atoms with Crippen LogP contribution in [0.5, 0.6) is 5.75 Å². The van der Waals surface area contributed by atoms with Gasteiger partial charge in [-0.3, -0.25) is 0 Å². The van der Waals surface area contributed by atoms with Crippen molar-refractivity contribution in [3.05, 3.63) is 28.8 Å². The van der Waals surface area contributed by atoms with Gasteiger partial charge >= 0.3 is 0 Å². The summed E-state index contributed by atoms with van der Waals surface area (Å²) in [6.07, 6.45) is 0. The predicted octanol–water partition coefficient (Wildman–Crippen LogP) is 4.04. The maximum Gasteiger partial charge on any atom is 0.126 e. The van der Waals surface area contributed by atoms with Crippen LogP contribution in [0.3, 0.4) is 0 Å². The van der Waals surface area contributed by atoms with Gasteiger partial charge in [0.05, 0.1) is 7.11 Å². The first kappa shape index (κ1) is 15.0. The summed E-state index contributed by atoms with van der Waals surface area (Å²) in [6, 6.07) is 4.34. The Balaban J connectivity index is 3.50. The molecule has 0 radical (unpaired) electrons. The molecule has 18 heavy (non-hydrogen) atoms. The van der Waals surface area contributed by atoms with Crippen LogP contribution in [0.1, 0.15) is 69.1 Å². The van der Waals surface area contributed by atoms with E-state index in [2.05, 4.69) is 39.8 Å². The Bertz CT molecular complexity index is 394. The number of hydrogen-bond donors (Lipinski definition) is 1. The third-order valence-electron chi connectivity index (χ3n) is 3.48. The van der Waals surface area contributed by atoms with Gasteiger partial charge in [-0.25, -0.2) is 0 Å². The minimum absolute atomic E-state index is 0.107. The summed E-state index contributed by atoms with van der Waals surface area (Å²) in [5, 5.41) is 9.49. The fraction of sp³-hybridized carbons (Fsp3) is 0.625. The van der Waals surface area contributed by atoms with Gasteiger partial charge < -0.3 is 9.84 Å². The van der Waals surface area contributed by atoms with Gasteiger partial charge in [-0.05, 0) is 23.0 Å². The quantitative estimate of drug-likeness (QED) is 0.854. The lowest BCUT2D eigenvalue weighted by Gasteiger charge is -2.24. The van der Waals surface area contributed by atoms with Crippen molar-refractivity contribution in [1.82, 2.24) is 0 Å². The molecule has 0 fully saturated rings. The van der Waals surface area contributed by atoms with Crippen molar-refractivity contribution in [1.29, 1.82) is 0 Å². The monoisotopic (exact) mass is 250 g/mol. The molecule has 0 saturated carbocycles. The normalized spacial score (nSPS) is 13.2. The molecule has 0 aliphatic carbocycles. The van der Waals surface area contributed by atoms with E-state index in [1.165, 1.54) is 16.7 Å². The lowest BCUT2D eigenvalue weighted by atomic mass is 9.85. The van der Waals surface area contributed by atoms with Crippen molar-refractivity contribution in [2.75, 3.05) is 13.7 Å². The van der Waals surface area contributed by atoms with Crippen LogP contribution in [0.4, 0.5) is 0 Å². The second-order valence-electron chi connectivity index (χ2n) is 5.58. The predicted molar refractivity (Wildman–Crippen MR) is 76.7 cm³/mol. The average molecular weight is 250 g/mol.